The number of aliphatic hydroxyl groups excluding tert-OH is 1. The van der Waals surface area contributed by atoms with Crippen molar-refractivity contribution in [1.29, 1.82) is 0 Å². The first kappa shape index (κ1) is 11.3. The fourth-order valence-electron chi connectivity index (χ4n) is 0.908. The van der Waals surface area contributed by atoms with Crippen LogP contribution >= 0.6 is 15.9 Å². The van der Waals surface area contributed by atoms with Gasteiger partial charge in [-0.05, 0) is 22.0 Å². The molecule has 1 rings (SSSR count). The van der Waals surface area contributed by atoms with Gasteiger partial charge in [0.05, 0.1) is 11.1 Å². The number of rotatable bonds is 2. The number of benzene rings is 1. The summed E-state index contributed by atoms with van der Waals surface area (Å²) in [5.41, 5.74) is 0.0803. The van der Waals surface area contributed by atoms with Crippen LogP contribution in [0.25, 0.3) is 0 Å². The van der Waals surface area contributed by atoms with Gasteiger partial charge >= 0.3 is 6.36 Å². The van der Waals surface area contributed by atoms with Crippen molar-refractivity contribution in [2.45, 2.75) is 13.0 Å². The highest BCUT2D eigenvalue weighted by atomic mass is 79.9. The minimum atomic E-state index is -4.76. The first-order valence-corrected chi connectivity index (χ1v) is 4.37. The Kier molecular flexibility index (Phi) is 3.38. The maximum Gasteiger partial charge on any atom is 0.573 e. The monoisotopic (exact) mass is 270 g/mol. The van der Waals surface area contributed by atoms with Crippen LogP contribution in [0, 0.1) is 0 Å². The lowest BCUT2D eigenvalue weighted by atomic mass is 10.2. The minimum absolute atomic E-state index is 0.0803. The molecular formula is C8H6BrF3O2. The van der Waals surface area contributed by atoms with Crippen molar-refractivity contribution >= 4 is 15.9 Å². The molecule has 0 aromatic heterocycles. The smallest absolute Gasteiger partial charge is 0.404 e. The van der Waals surface area contributed by atoms with E-state index in [2.05, 4.69) is 20.7 Å². The molecule has 1 aromatic rings. The van der Waals surface area contributed by atoms with Gasteiger partial charge in [0.15, 0.2) is 0 Å². The molecule has 0 unspecified atom stereocenters. The first-order valence-electron chi connectivity index (χ1n) is 3.58. The fourth-order valence-corrected chi connectivity index (χ4v) is 1.40. The van der Waals surface area contributed by atoms with Crippen molar-refractivity contribution in [3.63, 3.8) is 0 Å². The number of alkyl halides is 3. The van der Waals surface area contributed by atoms with Crippen molar-refractivity contribution in [2.24, 2.45) is 0 Å². The number of halogens is 4. The van der Waals surface area contributed by atoms with E-state index < -0.39 is 18.7 Å². The van der Waals surface area contributed by atoms with Crippen LogP contribution in [0.15, 0.2) is 22.7 Å². The third-order valence-electron chi connectivity index (χ3n) is 1.44. The van der Waals surface area contributed by atoms with Crippen molar-refractivity contribution in [1.82, 2.24) is 0 Å². The van der Waals surface area contributed by atoms with E-state index in [1.54, 1.807) is 0 Å². The molecule has 78 valence electrons. The average molecular weight is 271 g/mol. The van der Waals surface area contributed by atoms with E-state index in [0.29, 0.717) is 0 Å². The first-order chi connectivity index (χ1) is 6.44. The number of hydrogen-bond donors (Lipinski definition) is 1. The van der Waals surface area contributed by atoms with Gasteiger partial charge in [-0.1, -0.05) is 12.1 Å². The van der Waals surface area contributed by atoms with E-state index in [1.165, 1.54) is 18.2 Å². The molecular weight excluding hydrogens is 265 g/mol. The number of ether oxygens (including phenoxy) is 1. The van der Waals surface area contributed by atoms with Crippen LogP contribution < -0.4 is 4.74 Å². The Labute approximate surface area is 86.4 Å². The van der Waals surface area contributed by atoms with Gasteiger partial charge in [-0.2, -0.15) is 0 Å². The van der Waals surface area contributed by atoms with Crippen LogP contribution in [0.2, 0.25) is 0 Å². The molecule has 0 saturated carbocycles. The zero-order valence-electron chi connectivity index (χ0n) is 6.81. The summed E-state index contributed by atoms with van der Waals surface area (Å²) in [5, 5.41) is 8.77. The molecule has 0 saturated heterocycles. The zero-order valence-corrected chi connectivity index (χ0v) is 8.39. The summed E-state index contributed by atoms with van der Waals surface area (Å²) < 4.78 is 39.6. The van der Waals surface area contributed by atoms with Crippen molar-refractivity contribution in [2.75, 3.05) is 0 Å². The van der Waals surface area contributed by atoms with Gasteiger partial charge in [0.2, 0.25) is 0 Å². The van der Waals surface area contributed by atoms with E-state index in [0.717, 1.165) is 0 Å². The standard InChI is InChI=1S/C8H6BrF3O2/c9-6-3-1-2-5(4-13)7(6)14-8(10,11)12/h1-3,13H,4H2. The lowest BCUT2D eigenvalue weighted by Crippen LogP contribution is -2.18. The highest BCUT2D eigenvalue weighted by molar-refractivity contribution is 9.10. The SMILES string of the molecule is OCc1cccc(Br)c1OC(F)(F)F. The minimum Gasteiger partial charge on any atom is -0.404 e. The second kappa shape index (κ2) is 4.18. The van der Waals surface area contributed by atoms with Crippen LogP contribution in [-0.4, -0.2) is 11.5 Å². The molecule has 0 heterocycles. The topological polar surface area (TPSA) is 29.5 Å². The summed E-state index contributed by atoms with van der Waals surface area (Å²) >= 11 is 2.90. The summed E-state index contributed by atoms with van der Waals surface area (Å²) in [6.07, 6.45) is -4.76. The zero-order chi connectivity index (χ0) is 10.8. The van der Waals surface area contributed by atoms with Crippen LogP contribution in [0.4, 0.5) is 13.2 Å². The molecule has 0 radical (unpaired) electrons. The molecule has 1 aromatic carbocycles. The Morgan fingerprint density at radius 3 is 2.50 bits per heavy atom. The van der Waals surface area contributed by atoms with Crippen LogP contribution in [0.3, 0.4) is 0 Å². The molecule has 0 atom stereocenters. The summed E-state index contributed by atoms with van der Waals surface area (Å²) in [6.45, 7) is -0.509. The Bertz CT molecular complexity index is 325. The molecule has 0 amide bonds. The van der Waals surface area contributed by atoms with Crippen LogP contribution in [-0.2, 0) is 6.61 Å². The van der Waals surface area contributed by atoms with Crippen molar-refractivity contribution in [3.8, 4) is 5.75 Å². The fraction of sp³-hybridized carbons (Fsp3) is 0.250. The average Bonchev–Trinajstić information content (AvgIpc) is 2.06. The van der Waals surface area contributed by atoms with Gasteiger partial charge in [-0.25, -0.2) is 0 Å². The molecule has 0 bridgehead atoms. The molecule has 14 heavy (non-hydrogen) atoms. The van der Waals surface area contributed by atoms with Gasteiger partial charge in [-0.15, -0.1) is 13.2 Å². The lowest BCUT2D eigenvalue weighted by molar-refractivity contribution is -0.275. The van der Waals surface area contributed by atoms with E-state index in [-0.39, 0.29) is 10.0 Å². The van der Waals surface area contributed by atoms with E-state index in [9.17, 15) is 13.2 Å². The molecule has 0 spiro atoms. The molecule has 2 nitrogen and oxygen atoms in total. The predicted molar refractivity (Wildman–Crippen MR) is 46.7 cm³/mol. The second-order valence-electron chi connectivity index (χ2n) is 2.43. The Morgan fingerprint density at radius 2 is 2.00 bits per heavy atom. The summed E-state index contributed by atoms with van der Waals surface area (Å²) in [5.74, 6) is -0.400. The number of para-hydroxylation sites is 1. The third kappa shape index (κ3) is 2.88. The van der Waals surface area contributed by atoms with Gasteiger partial charge in [0, 0.05) is 5.56 Å². The highest BCUT2D eigenvalue weighted by Gasteiger charge is 2.32. The molecule has 0 fully saturated rings. The Balaban J connectivity index is 3.05. The summed E-state index contributed by atoms with van der Waals surface area (Å²) in [6, 6.07) is 4.27. The Morgan fingerprint density at radius 1 is 1.36 bits per heavy atom. The Hall–Kier alpha value is -0.750. The highest BCUT2D eigenvalue weighted by Crippen LogP contribution is 2.33. The van der Waals surface area contributed by atoms with Gasteiger partial charge in [-0.3, -0.25) is 0 Å². The third-order valence-corrected chi connectivity index (χ3v) is 2.06. The molecule has 0 aliphatic carbocycles. The molecule has 6 heteroatoms. The number of aliphatic hydroxyl groups is 1. The lowest BCUT2D eigenvalue weighted by Gasteiger charge is -2.13. The molecule has 1 N–H and O–H groups in total. The maximum atomic E-state index is 11.9. The predicted octanol–water partition coefficient (Wildman–Crippen LogP) is 2.84. The number of hydrogen-bond acceptors (Lipinski definition) is 2. The van der Waals surface area contributed by atoms with E-state index in [1.807, 2.05) is 0 Å². The normalized spacial score (nSPS) is 11.5. The second-order valence-corrected chi connectivity index (χ2v) is 3.29. The van der Waals surface area contributed by atoms with Crippen molar-refractivity contribution < 1.29 is 23.0 Å². The van der Waals surface area contributed by atoms with Crippen molar-refractivity contribution in [3.05, 3.63) is 28.2 Å². The molecule has 0 aliphatic heterocycles. The quantitative estimate of drug-likeness (QED) is 0.896. The summed E-state index contributed by atoms with van der Waals surface area (Å²) in [4.78, 5) is 0. The van der Waals surface area contributed by atoms with E-state index >= 15 is 0 Å². The maximum absolute atomic E-state index is 11.9. The van der Waals surface area contributed by atoms with Crippen LogP contribution in [0.1, 0.15) is 5.56 Å². The largest absolute Gasteiger partial charge is 0.573 e. The summed E-state index contributed by atoms with van der Waals surface area (Å²) in [7, 11) is 0. The van der Waals surface area contributed by atoms with Gasteiger partial charge in [0.25, 0.3) is 0 Å². The van der Waals surface area contributed by atoms with Gasteiger partial charge in [0.1, 0.15) is 5.75 Å². The van der Waals surface area contributed by atoms with Crippen LogP contribution in [0.5, 0.6) is 5.75 Å². The van der Waals surface area contributed by atoms with Gasteiger partial charge < -0.3 is 9.84 Å². The molecule has 0 aliphatic rings. The van der Waals surface area contributed by atoms with E-state index in [4.69, 9.17) is 5.11 Å².